The molecule has 0 spiro atoms. The van der Waals surface area contributed by atoms with Gasteiger partial charge in [-0.3, -0.25) is 4.90 Å². The van der Waals surface area contributed by atoms with Crippen LogP contribution in [0.15, 0.2) is 24.3 Å². The first-order valence-electron chi connectivity index (χ1n) is 14.6. The van der Waals surface area contributed by atoms with Crippen LogP contribution < -0.4 is 4.74 Å². The van der Waals surface area contributed by atoms with Crippen LogP contribution in [0.1, 0.15) is 124 Å². The molecule has 2 unspecified atom stereocenters. The van der Waals surface area contributed by atoms with E-state index >= 15 is 0 Å². The molecule has 1 rings (SSSR count). The van der Waals surface area contributed by atoms with Crippen LogP contribution in [0, 0.1) is 0 Å². The molecular formula is C30H53NO5. The van der Waals surface area contributed by atoms with Crippen molar-refractivity contribution in [1.29, 1.82) is 0 Å². The largest absolute Gasteiger partial charge is 0.508 e. The molecule has 0 radical (unpaired) electrons. The average Bonchev–Trinajstić information content (AvgIpc) is 2.88. The van der Waals surface area contributed by atoms with Gasteiger partial charge in [-0.2, -0.15) is 0 Å². The quantitative estimate of drug-likeness (QED) is 0.114. The van der Waals surface area contributed by atoms with Gasteiger partial charge in [0.05, 0.1) is 12.7 Å². The van der Waals surface area contributed by atoms with Gasteiger partial charge < -0.3 is 19.7 Å². The lowest BCUT2D eigenvalue weighted by Gasteiger charge is -2.32. The van der Waals surface area contributed by atoms with Crippen molar-refractivity contribution in [3.05, 3.63) is 24.3 Å². The third kappa shape index (κ3) is 15.2. The number of ether oxygens (including phenoxy) is 2. The standard InChI is InChI=1S/C30H53NO5/c1-4-7-8-9-10-11-12-13-16-19-27(5-2)36-29(6-3)31(30(33)34)24-17-14-15-18-25-35-28-22-20-26(32)21-23-28/h20-23,27,29,32H,4-19,24-25H2,1-3H3,(H,33,34). The molecule has 1 aromatic carbocycles. The third-order valence-electron chi connectivity index (χ3n) is 6.78. The minimum atomic E-state index is -0.893. The van der Waals surface area contributed by atoms with E-state index in [4.69, 9.17) is 9.47 Å². The molecule has 0 saturated heterocycles. The second-order valence-corrected chi connectivity index (χ2v) is 9.88. The first-order valence-corrected chi connectivity index (χ1v) is 14.6. The fourth-order valence-corrected chi connectivity index (χ4v) is 4.50. The van der Waals surface area contributed by atoms with Gasteiger partial charge >= 0.3 is 6.09 Å². The molecule has 6 heteroatoms. The van der Waals surface area contributed by atoms with E-state index < -0.39 is 6.09 Å². The lowest BCUT2D eigenvalue weighted by Crippen LogP contribution is -2.43. The summed E-state index contributed by atoms with van der Waals surface area (Å²) in [5, 5.41) is 19.1. The van der Waals surface area contributed by atoms with Crippen LogP contribution in [-0.4, -0.2) is 46.7 Å². The highest BCUT2D eigenvalue weighted by molar-refractivity contribution is 5.65. The van der Waals surface area contributed by atoms with E-state index in [-0.39, 0.29) is 18.1 Å². The number of hydrogen-bond donors (Lipinski definition) is 2. The number of carbonyl (C=O) groups is 1. The summed E-state index contributed by atoms with van der Waals surface area (Å²) in [5.74, 6) is 0.981. The number of amides is 1. The van der Waals surface area contributed by atoms with E-state index in [9.17, 15) is 15.0 Å². The van der Waals surface area contributed by atoms with Crippen LogP contribution in [0.25, 0.3) is 0 Å². The fraction of sp³-hybridized carbons (Fsp3) is 0.767. The van der Waals surface area contributed by atoms with Gasteiger partial charge in [0.25, 0.3) is 0 Å². The molecular weight excluding hydrogens is 454 g/mol. The molecule has 6 nitrogen and oxygen atoms in total. The molecule has 0 fully saturated rings. The fourth-order valence-electron chi connectivity index (χ4n) is 4.50. The lowest BCUT2D eigenvalue weighted by atomic mass is 10.0. The molecule has 0 aromatic heterocycles. The summed E-state index contributed by atoms with van der Waals surface area (Å²) in [4.78, 5) is 13.4. The van der Waals surface area contributed by atoms with E-state index in [1.54, 1.807) is 24.3 Å². The molecule has 1 amide bonds. The maximum absolute atomic E-state index is 12.0. The SMILES string of the molecule is CCCCCCCCCCCC(CC)OC(CC)N(CCCCCCOc1ccc(O)cc1)C(=O)O. The van der Waals surface area contributed by atoms with Gasteiger partial charge in [0, 0.05) is 6.54 Å². The molecule has 0 aliphatic rings. The molecule has 0 saturated carbocycles. The summed E-state index contributed by atoms with van der Waals surface area (Å²) in [7, 11) is 0. The van der Waals surface area contributed by atoms with Gasteiger partial charge in [-0.1, -0.05) is 91.4 Å². The van der Waals surface area contributed by atoms with E-state index in [1.165, 1.54) is 56.3 Å². The Kier molecular flexibility index (Phi) is 18.9. The van der Waals surface area contributed by atoms with E-state index in [1.807, 2.05) is 6.92 Å². The Labute approximate surface area is 220 Å². The number of phenols is 1. The molecule has 208 valence electrons. The molecule has 2 atom stereocenters. The molecule has 0 heterocycles. The summed E-state index contributed by atoms with van der Waals surface area (Å²) in [5.41, 5.74) is 0. The monoisotopic (exact) mass is 507 g/mol. The van der Waals surface area contributed by atoms with E-state index in [2.05, 4.69) is 13.8 Å². The number of nitrogens with zero attached hydrogens (tertiary/aromatic N) is 1. The highest BCUT2D eigenvalue weighted by atomic mass is 16.5. The Morgan fingerprint density at radius 3 is 1.97 bits per heavy atom. The van der Waals surface area contributed by atoms with E-state index in [0.29, 0.717) is 19.6 Å². The Bertz CT molecular complexity index is 651. The van der Waals surface area contributed by atoms with Crippen molar-refractivity contribution < 1.29 is 24.5 Å². The number of rotatable bonds is 23. The molecule has 0 bridgehead atoms. The molecule has 1 aromatic rings. The molecule has 0 aliphatic heterocycles. The highest BCUT2D eigenvalue weighted by Gasteiger charge is 2.24. The van der Waals surface area contributed by atoms with Crippen LogP contribution in [0.4, 0.5) is 4.79 Å². The van der Waals surface area contributed by atoms with Crippen molar-refractivity contribution in [1.82, 2.24) is 4.90 Å². The number of aromatic hydroxyl groups is 1. The van der Waals surface area contributed by atoms with Crippen LogP contribution in [-0.2, 0) is 4.74 Å². The van der Waals surface area contributed by atoms with Gasteiger partial charge in [0.1, 0.15) is 17.7 Å². The van der Waals surface area contributed by atoms with Crippen molar-refractivity contribution in [3.63, 3.8) is 0 Å². The van der Waals surface area contributed by atoms with Crippen molar-refractivity contribution in [2.75, 3.05) is 13.2 Å². The van der Waals surface area contributed by atoms with Gasteiger partial charge in [0.2, 0.25) is 0 Å². The lowest BCUT2D eigenvalue weighted by molar-refractivity contribution is -0.0940. The summed E-state index contributed by atoms with van der Waals surface area (Å²) < 4.78 is 12.0. The summed E-state index contributed by atoms with van der Waals surface area (Å²) in [6.45, 7) is 7.51. The van der Waals surface area contributed by atoms with Gasteiger partial charge in [-0.05, 0) is 56.4 Å². The number of hydrogen-bond acceptors (Lipinski definition) is 4. The highest BCUT2D eigenvalue weighted by Crippen LogP contribution is 2.19. The Morgan fingerprint density at radius 2 is 1.39 bits per heavy atom. The maximum Gasteiger partial charge on any atom is 0.409 e. The second-order valence-electron chi connectivity index (χ2n) is 9.88. The number of phenolic OH excluding ortho intramolecular Hbond substituents is 1. The molecule has 2 N–H and O–H groups in total. The van der Waals surface area contributed by atoms with Crippen molar-refractivity contribution >= 4 is 6.09 Å². The zero-order valence-corrected chi connectivity index (χ0v) is 23.3. The minimum absolute atomic E-state index is 0.124. The molecule has 0 aliphatic carbocycles. The zero-order valence-electron chi connectivity index (χ0n) is 23.3. The first-order chi connectivity index (χ1) is 17.5. The Morgan fingerprint density at radius 1 is 0.806 bits per heavy atom. The third-order valence-corrected chi connectivity index (χ3v) is 6.78. The number of unbranched alkanes of at least 4 members (excludes halogenated alkanes) is 11. The summed E-state index contributed by atoms with van der Waals surface area (Å²) in [6.07, 6.45) is 16.9. The van der Waals surface area contributed by atoms with Crippen molar-refractivity contribution in [3.8, 4) is 11.5 Å². The number of carboxylic acid groups (broad SMARTS) is 1. The van der Waals surface area contributed by atoms with Crippen LogP contribution in [0.3, 0.4) is 0 Å². The van der Waals surface area contributed by atoms with Crippen LogP contribution in [0.5, 0.6) is 11.5 Å². The maximum atomic E-state index is 12.0. The normalized spacial score (nSPS) is 12.9. The van der Waals surface area contributed by atoms with Crippen LogP contribution in [0.2, 0.25) is 0 Å². The first kappa shape index (κ1) is 32.1. The smallest absolute Gasteiger partial charge is 0.409 e. The summed E-state index contributed by atoms with van der Waals surface area (Å²) in [6, 6.07) is 6.73. The Hall–Kier alpha value is -1.95. The predicted octanol–water partition coefficient (Wildman–Crippen LogP) is 8.76. The molecule has 36 heavy (non-hydrogen) atoms. The van der Waals surface area contributed by atoms with Gasteiger partial charge in [-0.15, -0.1) is 0 Å². The second kappa shape index (κ2) is 21.2. The van der Waals surface area contributed by atoms with Crippen molar-refractivity contribution in [2.45, 2.75) is 136 Å². The van der Waals surface area contributed by atoms with E-state index in [0.717, 1.165) is 50.7 Å². The average molecular weight is 508 g/mol. The topological polar surface area (TPSA) is 79.2 Å². The zero-order chi connectivity index (χ0) is 26.4. The minimum Gasteiger partial charge on any atom is -0.508 e. The summed E-state index contributed by atoms with van der Waals surface area (Å²) >= 11 is 0. The van der Waals surface area contributed by atoms with Gasteiger partial charge in [-0.25, -0.2) is 4.79 Å². The van der Waals surface area contributed by atoms with Crippen molar-refractivity contribution in [2.24, 2.45) is 0 Å². The predicted molar refractivity (Wildman–Crippen MR) is 148 cm³/mol. The van der Waals surface area contributed by atoms with Crippen LogP contribution >= 0.6 is 0 Å². The number of benzene rings is 1. The van der Waals surface area contributed by atoms with Gasteiger partial charge in [0.15, 0.2) is 0 Å². The Balaban J connectivity index is 2.24.